The maximum Gasteiger partial charge on any atom is 0.326 e. The molecule has 2 rings (SSSR count). The monoisotopic (exact) mass is 289 g/mol. The number of sulfonamides is 1. The molecule has 18 heavy (non-hydrogen) atoms. The second-order valence-electron chi connectivity index (χ2n) is 3.56. The van der Waals surface area contributed by atoms with Crippen LogP contribution >= 0.6 is 11.3 Å². The van der Waals surface area contributed by atoms with E-state index < -0.39 is 22.0 Å². The van der Waals surface area contributed by atoms with E-state index in [0.29, 0.717) is 5.06 Å². The molecule has 0 saturated carbocycles. The Morgan fingerprint density at radius 2 is 2.28 bits per heavy atom. The van der Waals surface area contributed by atoms with Crippen LogP contribution < -0.4 is 4.74 Å². The number of carboxylic acid groups (broad SMARTS) is 1. The van der Waals surface area contributed by atoms with Crippen molar-refractivity contribution in [3.63, 3.8) is 0 Å². The number of nitrogens with zero attached hydrogens (tertiary/aromatic N) is 1. The minimum Gasteiger partial charge on any atom is -0.487 e. The van der Waals surface area contributed by atoms with E-state index in [9.17, 15) is 13.2 Å². The van der Waals surface area contributed by atoms with Gasteiger partial charge in [-0.3, -0.25) is 4.79 Å². The first-order valence-corrected chi connectivity index (χ1v) is 7.27. The number of thiophene rings is 1. The highest BCUT2D eigenvalue weighted by Crippen LogP contribution is 2.31. The molecule has 2 heterocycles. The minimum absolute atomic E-state index is 0.0690. The summed E-state index contributed by atoms with van der Waals surface area (Å²) in [6.45, 7) is 0.0690. The molecule has 0 aromatic carbocycles. The zero-order valence-corrected chi connectivity index (χ0v) is 11.1. The van der Waals surface area contributed by atoms with Crippen molar-refractivity contribution >= 4 is 27.3 Å². The summed E-state index contributed by atoms with van der Waals surface area (Å²) in [5.41, 5.74) is 0. The van der Waals surface area contributed by atoms with Crippen molar-refractivity contribution in [3.05, 3.63) is 24.3 Å². The molecule has 0 amide bonds. The third-order valence-corrected chi connectivity index (χ3v) is 5.85. The number of hydrogen-bond acceptors (Lipinski definition) is 5. The van der Waals surface area contributed by atoms with Gasteiger partial charge >= 0.3 is 5.97 Å². The largest absolute Gasteiger partial charge is 0.487 e. The predicted molar refractivity (Wildman–Crippen MR) is 65.3 cm³/mol. The van der Waals surface area contributed by atoms with E-state index in [1.54, 1.807) is 0 Å². The molecule has 1 N–H and O–H groups in total. The SMILES string of the molecule is COc1ccc(S(=O)(=O)N2CC=CC2C(=O)O)s1. The molecule has 0 aliphatic carbocycles. The standard InChI is InChI=1S/C10H11NO5S2/c1-16-8-4-5-9(17-8)18(14,15)11-6-2-3-7(11)10(12)13/h2-5,7H,6H2,1H3,(H,12,13). The number of rotatable bonds is 4. The Morgan fingerprint density at radius 3 is 2.83 bits per heavy atom. The molecular weight excluding hydrogens is 278 g/mol. The maximum absolute atomic E-state index is 12.3. The lowest BCUT2D eigenvalue weighted by molar-refractivity contribution is -0.139. The van der Waals surface area contributed by atoms with E-state index in [1.807, 2.05) is 0 Å². The van der Waals surface area contributed by atoms with Crippen LogP contribution in [0.5, 0.6) is 5.06 Å². The molecule has 0 saturated heterocycles. The average Bonchev–Trinajstić information content (AvgIpc) is 2.98. The summed E-state index contributed by atoms with van der Waals surface area (Å²) in [6.07, 6.45) is 2.89. The van der Waals surface area contributed by atoms with Gasteiger partial charge in [-0.1, -0.05) is 23.5 Å². The number of ether oxygens (including phenoxy) is 1. The maximum atomic E-state index is 12.3. The first-order valence-electron chi connectivity index (χ1n) is 5.02. The highest BCUT2D eigenvalue weighted by Gasteiger charge is 2.37. The third kappa shape index (κ3) is 2.14. The van der Waals surface area contributed by atoms with Crippen LogP contribution in [0.15, 0.2) is 28.5 Å². The van der Waals surface area contributed by atoms with Crippen LogP contribution in [-0.2, 0) is 14.8 Å². The molecule has 0 fully saturated rings. The molecule has 1 unspecified atom stereocenters. The van der Waals surface area contributed by atoms with E-state index in [-0.39, 0.29) is 10.8 Å². The highest BCUT2D eigenvalue weighted by atomic mass is 32.2. The summed E-state index contributed by atoms with van der Waals surface area (Å²) in [6, 6.07) is 1.82. The van der Waals surface area contributed by atoms with Crippen LogP contribution in [-0.4, -0.2) is 43.5 Å². The lowest BCUT2D eigenvalue weighted by atomic mass is 10.3. The molecule has 0 spiro atoms. The Labute approximate surface area is 108 Å². The van der Waals surface area contributed by atoms with Crippen molar-refractivity contribution in [3.8, 4) is 5.06 Å². The normalized spacial score (nSPS) is 20.2. The van der Waals surface area contributed by atoms with Gasteiger partial charge in [0.05, 0.1) is 7.11 Å². The molecule has 1 atom stereocenters. The summed E-state index contributed by atoms with van der Waals surface area (Å²) < 4.78 is 30.5. The minimum atomic E-state index is -3.79. The predicted octanol–water partition coefficient (Wildman–Crippen LogP) is 0.770. The van der Waals surface area contributed by atoms with E-state index in [4.69, 9.17) is 9.84 Å². The van der Waals surface area contributed by atoms with Crippen LogP contribution in [0.3, 0.4) is 0 Å². The van der Waals surface area contributed by atoms with E-state index in [2.05, 4.69) is 0 Å². The Bertz CT molecular complexity index is 589. The average molecular weight is 289 g/mol. The Kier molecular flexibility index (Phi) is 3.42. The molecule has 0 radical (unpaired) electrons. The summed E-state index contributed by atoms with van der Waals surface area (Å²) in [4.78, 5) is 11.0. The zero-order chi connectivity index (χ0) is 13.3. The second-order valence-corrected chi connectivity index (χ2v) is 6.73. The molecule has 0 bridgehead atoms. The molecule has 8 heteroatoms. The van der Waals surface area contributed by atoms with Gasteiger partial charge in [-0.05, 0) is 12.1 Å². The van der Waals surface area contributed by atoms with Crippen LogP contribution in [0.25, 0.3) is 0 Å². The zero-order valence-electron chi connectivity index (χ0n) is 9.44. The van der Waals surface area contributed by atoms with Crippen molar-refractivity contribution in [2.75, 3.05) is 13.7 Å². The fourth-order valence-corrected chi connectivity index (χ4v) is 4.35. The molecular formula is C10H11NO5S2. The lowest BCUT2D eigenvalue weighted by Gasteiger charge is -2.19. The molecule has 6 nitrogen and oxygen atoms in total. The highest BCUT2D eigenvalue weighted by molar-refractivity contribution is 7.91. The fraction of sp³-hybridized carbons (Fsp3) is 0.300. The summed E-state index contributed by atoms with van der Waals surface area (Å²) in [7, 11) is -2.35. The van der Waals surface area contributed by atoms with Crippen LogP contribution in [0.1, 0.15) is 0 Å². The topological polar surface area (TPSA) is 83.9 Å². The lowest BCUT2D eigenvalue weighted by Crippen LogP contribution is -2.40. The summed E-state index contributed by atoms with van der Waals surface area (Å²) in [5.74, 6) is -1.18. The Hall–Kier alpha value is -1.38. The van der Waals surface area contributed by atoms with E-state index in [0.717, 1.165) is 15.6 Å². The Balaban J connectivity index is 2.34. The van der Waals surface area contributed by atoms with Crippen molar-refractivity contribution in [2.45, 2.75) is 10.3 Å². The van der Waals surface area contributed by atoms with Gasteiger partial charge < -0.3 is 9.84 Å². The summed E-state index contributed by atoms with van der Waals surface area (Å²) >= 11 is 0.968. The number of carboxylic acids is 1. The Morgan fingerprint density at radius 1 is 1.56 bits per heavy atom. The van der Waals surface area contributed by atoms with Crippen LogP contribution in [0.4, 0.5) is 0 Å². The summed E-state index contributed by atoms with van der Waals surface area (Å²) in [5, 5.41) is 9.43. The smallest absolute Gasteiger partial charge is 0.326 e. The van der Waals surface area contributed by atoms with E-state index >= 15 is 0 Å². The van der Waals surface area contributed by atoms with Gasteiger partial charge in [0.25, 0.3) is 10.0 Å². The third-order valence-electron chi connectivity index (χ3n) is 2.49. The molecule has 1 aliphatic heterocycles. The number of hydrogen-bond donors (Lipinski definition) is 1. The molecule has 1 aromatic heterocycles. The van der Waals surface area contributed by atoms with Crippen molar-refractivity contribution < 1.29 is 23.1 Å². The quantitative estimate of drug-likeness (QED) is 0.828. The molecule has 1 aromatic rings. The first-order chi connectivity index (χ1) is 8.46. The van der Waals surface area contributed by atoms with Gasteiger partial charge in [0.1, 0.15) is 10.3 Å². The van der Waals surface area contributed by atoms with Crippen molar-refractivity contribution in [2.24, 2.45) is 0 Å². The number of carbonyl (C=O) groups is 1. The number of aliphatic carboxylic acids is 1. The van der Waals surface area contributed by atoms with Crippen LogP contribution in [0, 0.1) is 0 Å². The van der Waals surface area contributed by atoms with Gasteiger partial charge in [-0.25, -0.2) is 8.42 Å². The van der Waals surface area contributed by atoms with Gasteiger partial charge in [0, 0.05) is 6.54 Å². The second kappa shape index (κ2) is 4.71. The van der Waals surface area contributed by atoms with Crippen LogP contribution in [0.2, 0.25) is 0 Å². The molecule has 98 valence electrons. The van der Waals surface area contributed by atoms with Gasteiger partial charge in [0.2, 0.25) is 0 Å². The van der Waals surface area contributed by atoms with Gasteiger partial charge in [-0.15, -0.1) is 0 Å². The van der Waals surface area contributed by atoms with E-state index in [1.165, 1.54) is 31.4 Å². The van der Waals surface area contributed by atoms with Gasteiger partial charge in [0.15, 0.2) is 5.06 Å². The van der Waals surface area contributed by atoms with Crippen molar-refractivity contribution in [1.29, 1.82) is 0 Å². The fourth-order valence-electron chi connectivity index (χ4n) is 1.62. The van der Waals surface area contributed by atoms with Gasteiger partial charge in [-0.2, -0.15) is 4.31 Å². The number of methoxy groups -OCH3 is 1. The molecule has 1 aliphatic rings. The first kappa shape index (κ1) is 13.1. The van der Waals surface area contributed by atoms with Crippen molar-refractivity contribution in [1.82, 2.24) is 4.31 Å².